The molecule has 0 spiro atoms. The summed E-state index contributed by atoms with van der Waals surface area (Å²) < 4.78 is 30.6. The minimum Gasteiger partial charge on any atom is -0.457 e. The van der Waals surface area contributed by atoms with Crippen LogP contribution in [0, 0.1) is 0 Å². The molecular weight excluding hydrogens is 971 g/mol. The average Bonchev–Trinajstić information content (AvgIpc) is 4.38. The van der Waals surface area contributed by atoms with Gasteiger partial charge in [0.2, 0.25) is 0 Å². The standard InChI is InChI=1S/C71H63N3OSSi/c1-70(2)58-30-17-31-64(77(5,48-23-7-6-8-24-48)49-34-35-54-51-25-13-14-26-52(51)56-29-18-40-72-66(56)55-28-16-15-27-53(55)57(54)43-49)68(58)75-62-39-33-47(41-59(62)71(70,3)4)65-50(45-21-11-12-22-45)36-38-61-67(65)73-69-74(61)60-37-32-46(42-63(60)76-69)44-19-9-10-20-44/h6-8,13-18,23-45H,9-12,19-22H2,1-5H3/i44D,45D. The molecule has 0 bridgehead atoms. The van der Waals surface area contributed by atoms with E-state index in [1.807, 2.05) is 6.20 Å². The van der Waals surface area contributed by atoms with Crippen molar-refractivity contribution < 1.29 is 7.48 Å². The highest BCUT2D eigenvalue weighted by Crippen LogP contribution is 2.55. The van der Waals surface area contributed by atoms with E-state index >= 15 is 0 Å². The zero-order chi connectivity index (χ0) is 53.6. The van der Waals surface area contributed by atoms with Crippen molar-refractivity contribution in [1.29, 1.82) is 0 Å². The summed E-state index contributed by atoms with van der Waals surface area (Å²) in [5, 5.41) is 3.86. The Morgan fingerprint density at radius 2 is 1.23 bits per heavy atom. The van der Waals surface area contributed by atoms with E-state index in [9.17, 15) is 2.74 Å². The molecule has 1 aliphatic heterocycles. The van der Waals surface area contributed by atoms with Crippen molar-refractivity contribution in [3.63, 3.8) is 0 Å². The van der Waals surface area contributed by atoms with Gasteiger partial charge >= 0.3 is 0 Å². The summed E-state index contributed by atoms with van der Waals surface area (Å²) in [6.45, 7) is 12.1. The SMILES string of the molecule is [2H]C1(c2ccc3c(c2)sc2nc4c(-c5ccc6c(c5)C(C)(C)C(C)(C)c5cccc([Si](C)(c7ccccc7)c7ccc8c(c7)-c7ccccc7-c7ncccc7-c7ccccc7-8)c5O6)c(C5([2H])CCCC5)ccc4n23)CCCC1. The maximum atomic E-state index is 10.1. The van der Waals surface area contributed by atoms with Crippen LogP contribution >= 0.6 is 11.3 Å². The zero-order valence-corrected chi connectivity index (χ0v) is 46.5. The fourth-order valence-corrected chi connectivity index (χ4v) is 18.9. The molecule has 2 saturated carbocycles. The molecule has 4 heterocycles. The van der Waals surface area contributed by atoms with Crippen LogP contribution in [0.4, 0.5) is 0 Å². The third-order valence-corrected chi connectivity index (χ3v) is 24.5. The first-order valence-electron chi connectivity index (χ1n) is 29.0. The summed E-state index contributed by atoms with van der Waals surface area (Å²) in [6, 6.07) is 65.4. The second-order valence-corrected chi connectivity index (χ2v) is 28.4. The molecule has 3 aliphatic carbocycles. The van der Waals surface area contributed by atoms with Gasteiger partial charge in [-0.05, 0) is 134 Å². The number of hydrogen-bond acceptors (Lipinski definition) is 4. The molecule has 11 aromatic rings. The Balaban J connectivity index is 0.910. The Morgan fingerprint density at radius 1 is 0.571 bits per heavy atom. The molecule has 4 aliphatic rings. The molecule has 2 fully saturated rings. The van der Waals surface area contributed by atoms with E-state index in [0.29, 0.717) is 0 Å². The lowest BCUT2D eigenvalue weighted by Crippen LogP contribution is -2.65. The van der Waals surface area contributed by atoms with Crippen LogP contribution in [0.5, 0.6) is 11.5 Å². The van der Waals surface area contributed by atoms with Crippen molar-refractivity contribution in [3.05, 3.63) is 204 Å². The van der Waals surface area contributed by atoms with Gasteiger partial charge in [0.25, 0.3) is 0 Å². The van der Waals surface area contributed by atoms with Gasteiger partial charge in [0.15, 0.2) is 4.96 Å². The molecule has 15 rings (SSSR count). The van der Waals surface area contributed by atoms with E-state index in [-0.39, 0.29) is 0 Å². The van der Waals surface area contributed by atoms with Crippen LogP contribution < -0.4 is 20.3 Å². The number of fused-ring (bicyclic) bond motifs is 15. The predicted molar refractivity (Wildman–Crippen MR) is 325 cm³/mol. The van der Waals surface area contributed by atoms with Crippen molar-refractivity contribution in [2.45, 2.75) is 108 Å². The van der Waals surface area contributed by atoms with Gasteiger partial charge in [-0.15, -0.1) is 0 Å². The Hall–Kier alpha value is -7.38. The molecule has 0 amide bonds. The molecule has 0 N–H and O–H groups in total. The Labute approximate surface area is 460 Å². The van der Waals surface area contributed by atoms with Crippen molar-refractivity contribution >= 4 is 61.2 Å². The molecule has 6 heteroatoms. The van der Waals surface area contributed by atoms with E-state index in [0.717, 1.165) is 129 Å². The monoisotopic (exact) mass is 1040 g/mol. The highest BCUT2D eigenvalue weighted by atomic mass is 32.1. The molecule has 0 radical (unpaired) electrons. The lowest BCUT2D eigenvalue weighted by atomic mass is 9.61. The van der Waals surface area contributed by atoms with Gasteiger partial charge in [-0.2, -0.15) is 0 Å². The summed E-state index contributed by atoms with van der Waals surface area (Å²) >= 11 is 1.72. The van der Waals surface area contributed by atoms with Gasteiger partial charge in [-0.25, -0.2) is 4.98 Å². The maximum absolute atomic E-state index is 10.1. The minimum atomic E-state index is -2.93. The molecule has 0 saturated heterocycles. The zero-order valence-electron chi connectivity index (χ0n) is 46.6. The minimum absolute atomic E-state index is 0.398. The van der Waals surface area contributed by atoms with Crippen LogP contribution in [0.1, 0.15) is 116 Å². The lowest BCUT2D eigenvalue weighted by molar-refractivity contribution is 0.306. The van der Waals surface area contributed by atoms with Gasteiger partial charge in [-0.3, -0.25) is 9.38 Å². The number of imidazole rings is 1. The molecule has 378 valence electrons. The summed E-state index contributed by atoms with van der Waals surface area (Å²) in [6.07, 6.45) is 9.76. The average molecular weight is 1040 g/mol. The maximum Gasteiger partial charge on any atom is 0.195 e. The number of nitrogens with zero attached hydrogens (tertiary/aromatic N) is 3. The van der Waals surface area contributed by atoms with E-state index in [2.05, 4.69) is 215 Å². The normalized spacial score (nSPS) is 18.5. The third-order valence-electron chi connectivity index (χ3n) is 19.1. The fraction of sp³-hybridized carbons (Fsp3) is 0.239. The van der Waals surface area contributed by atoms with Gasteiger partial charge in [-0.1, -0.05) is 211 Å². The van der Waals surface area contributed by atoms with E-state index in [4.69, 9.17) is 14.7 Å². The number of ether oxygens (including phenoxy) is 1. The summed E-state index contributed by atoms with van der Waals surface area (Å²) in [5.41, 5.74) is 18.3. The number of benzene rings is 8. The Kier molecular flexibility index (Phi) is 10.2. The molecule has 1 unspecified atom stereocenters. The number of thiazole rings is 1. The highest BCUT2D eigenvalue weighted by Gasteiger charge is 2.48. The fourth-order valence-electron chi connectivity index (χ4n) is 14.1. The molecule has 8 aromatic carbocycles. The van der Waals surface area contributed by atoms with Crippen molar-refractivity contribution in [2.75, 3.05) is 0 Å². The number of rotatable bonds is 6. The van der Waals surface area contributed by atoms with Crippen molar-refractivity contribution in [1.82, 2.24) is 14.4 Å². The van der Waals surface area contributed by atoms with Crippen LogP contribution in [-0.4, -0.2) is 22.4 Å². The van der Waals surface area contributed by atoms with Gasteiger partial charge in [0.1, 0.15) is 19.6 Å². The lowest BCUT2D eigenvalue weighted by Gasteiger charge is -2.42. The number of para-hydroxylation sites is 1. The number of pyridine rings is 1. The van der Waals surface area contributed by atoms with Gasteiger partial charge in [0, 0.05) is 47.6 Å². The first kappa shape index (κ1) is 44.7. The topological polar surface area (TPSA) is 39.4 Å². The largest absolute Gasteiger partial charge is 0.457 e. The number of hydrogen-bond donors (Lipinski definition) is 0. The van der Waals surface area contributed by atoms with E-state index in [1.54, 1.807) is 11.3 Å². The number of aromatic nitrogens is 3. The summed E-state index contributed by atoms with van der Waals surface area (Å²) in [4.78, 5) is 11.6. The first-order valence-corrected chi connectivity index (χ1v) is 31.3. The van der Waals surface area contributed by atoms with Crippen LogP contribution in [0.25, 0.3) is 82.0 Å². The first-order chi connectivity index (χ1) is 38.3. The van der Waals surface area contributed by atoms with E-state index < -0.39 is 30.7 Å². The quantitative estimate of drug-likeness (QED) is 0.123. The summed E-state index contributed by atoms with van der Waals surface area (Å²) in [5.74, 6) is 0.601. The van der Waals surface area contributed by atoms with Crippen LogP contribution in [-0.2, 0) is 10.8 Å². The Morgan fingerprint density at radius 3 is 2.01 bits per heavy atom. The predicted octanol–water partition coefficient (Wildman–Crippen LogP) is 17.5. The van der Waals surface area contributed by atoms with Crippen molar-refractivity contribution in [3.8, 4) is 67.3 Å². The second-order valence-electron chi connectivity index (χ2n) is 23.5. The molecule has 1 atom stereocenters. The third kappa shape index (κ3) is 7.00. The molecule has 4 nitrogen and oxygen atoms in total. The van der Waals surface area contributed by atoms with Crippen LogP contribution in [0.15, 0.2) is 182 Å². The smallest absolute Gasteiger partial charge is 0.195 e. The van der Waals surface area contributed by atoms with Crippen molar-refractivity contribution in [2.24, 2.45) is 0 Å². The second kappa shape index (κ2) is 17.6. The van der Waals surface area contributed by atoms with Gasteiger partial charge < -0.3 is 4.74 Å². The highest BCUT2D eigenvalue weighted by molar-refractivity contribution is 7.23. The summed E-state index contributed by atoms with van der Waals surface area (Å²) in [7, 11) is -2.93. The van der Waals surface area contributed by atoms with Crippen LogP contribution in [0.2, 0.25) is 6.55 Å². The molecule has 3 aromatic heterocycles. The molecular formula is C71H63N3OSSi. The molecule has 77 heavy (non-hydrogen) atoms. The van der Waals surface area contributed by atoms with E-state index in [1.165, 1.54) is 53.6 Å². The van der Waals surface area contributed by atoms with Crippen LogP contribution in [0.3, 0.4) is 0 Å². The Bertz CT molecular complexity index is 4310. The van der Waals surface area contributed by atoms with Gasteiger partial charge in [0.05, 0.1) is 26.9 Å².